The average molecular weight is 533 g/mol. The molecule has 1 heterocycles. The average Bonchev–Trinajstić information content (AvgIpc) is 2.87. The third-order valence-corrected chi connectivity index (χ3v) is 8.39. The molecule has 184 valence electrons. The van der Waals surface area contributed by atoms with E-state index < -0.39 is 15.9 Å². The van der Waals surface area contributed by atoms with Crippen molar-refractivity contribution in [3.05, 3.63) is 94.0 Å². The number of anilines is 1. The normalized spacial score (nSPS) is 16.6. The molecule has 0 saturated carbocycles. The van der Waals surface area contributed by atoms with Gasteiger partial charge in [0.2, 0.25) is 15.9 Å². The van der Waals surface area contributed by atoms with Gasteiger partial charge < -0.3 is 10.1 Å². The summed E-state index contributed by atoms with van der Waals surface area (Å²) in [4.78, 5) is 12.9. The minimum Gasteiger partial charge on any atom is -0.489 e. The van der Waals surface area contributed by atoms with Gasteiger partial charge >= 0.3 is 0 Å². The lowest BCUT2D eigenvalue weighted by Gasteiger charge is -2.31. The van der Waals surface area contributed by atoms with Gasteiger partial charge in [0, 0.05) is 34.4 Å². The SMILES string of the molecule is O=C(Nc1ccc(OCc2ccccc2)cc1)[C@H]1CCCN(S(=O)(=O)Cc2c(Cl)cccc2Cl)C1. The van der Waals surface area contributed by atoms with Crippen molar-refractivity contribution in [3.8, 4) is 5.75 Å². The van der Waals surface area contributed by atoms with E-state index in [1.165, 1.54) is 4.31 Å². The molecule has 4 rings (SSSR count). The number of ether oxygens (including phenoxy) is 1. The molecule has 1 saturated heterocycles. The van der Waals surface area contributed by atoms with Crippen molar-refractivity contribution in [1.29, 1.82) is 0 Å². The van der Waals surface area contributed by atoms with Crippen LogP contribution in [-0.2, 0) is 27.2 Å². The number of piperidine rings is 1. The van der Waals surface area contributed by atoms with Crippen LogP contribution in [0, 0.1) is 5.92 Å². The molecule has 1 amide bonds. The molecule has 1 aliphatic rings. The standard InChI is InChI=1S/C26H26Cl2N2O4S/c27-24-9-4-10-25(28)23(24)18-35(32,33)30-15-5-8-20(16-30)26(31)29-21-11-13-22(14-12-21)34-17-19-6-2-1-3-7-19/h1-4,6-7,9-14,20H,5,8,15-18H2,(H,29,31)/t20-/m0/s1. The van der Waals surface area contributed by atoms with Crippen LogP contribution in [0.3, 0.4) is 0 Å². The first-order valence-corrected chi connectivity index (χ1v) is 13.7. The third-order valence-electron chi connectivity index (χ3n) is 5.91. The molecule has 0 bridgehead atoms. The second-order valence-corrected chi connectivity index (χ2v) is 11.2. The van der Waals surface area contributed by atoms with Crippen molar-refractivity contribution < 1.29 is 17.9 Å². The quantitative estimate of drug-likeness (QED) is 0.400. The number of nitrogens with zero attached hydrogens (tertiary/aromatic N) is 1. The van der Waals surface area contributed by atoms with E-state index in [0.29, 0.717) is 53.0 Å². The molecule has 1 aliphatic heterocycles. The van der Waals surface area contributed by atoms with E-state index in [0.717, 1.165) is 5.56 Å². The molecule has 0 aromatic heterocycles. The molecular formula is C26H26Cl2N2O4S. The number of halogens is 2. The van der Waals surface area contributed by atoms with Crippen LogP contribution in [0.15, 0.2) is 72.8 Å². The number of carbonyl (C=O) groups is 1. The molecule has 1 N–H and O–H groups in total. The van der Waals surface area contributed by atoms with Gasteiger partial charge in [0.15, 0.2) is 0 Å². The van der Waals surface area contributed by atoms with E-state index in [1.807, 2.05) is 30.3 Å². The first kappa shape index (κ1) is 25.5. The molecule has 0 unspecified atom stereocenters. The molecule has 9 heteroatoms. The van der Waals surface area contributed by atoms with Crippen molar-refractivity contribution >= 4 is 44.8 Å². The first-order chi connectivity index (χ1) is 16.8. The molecule has 3 aromatic rings. The fourth-order valence-electron chi connectivity index (χ4n) is 3.97. The zero-order valence-electron chi connectivity index (χ0n) is 19.0. The summed E-state index contributed by atoms with van der Waals surface area (Å²) >= 11 is 12.3. The van der Waals surface area contributed by atoms with Gasteiger partial charge in [-0.2, -0.15) is 0 Å². The number of benzene rings is 3. The summed E-state index contributed by atoms with van der Waals surface area (Å²) in [5, 5.41) is 3.51. The zero-order valence-corrected chi connectivity index (χ0v) is 21.3. The summed E-state index contributed by atoms with van der Waals surface area (Å²) in [6.45, 7) is 0.939. The van der Waals surface area contributed by atoms with Crippen molar-refractivity contribution in [1.82, 2.24) is 4.31 Å². The summed E-state index contributed by atoms with van der Waals surface area (Å²) in [6.07, 6.45) is 1.21. The lowest BCUT2D eigenvalue weighted by atomic mass is 9.99. The Morgan fingerprint density at radius 2 is 1.66 bits per heavy atom. The number of amides is 1. The van der Waals surface area contributed by atoms with Gasteiger partial charge in [-0.3, -0.25) is 4.79 Å². The number of sulfonamides is 1. The number of nitrogens with one attached hydrogen (secondary N) is 1. The minimum atomic E-state index is -3.69. The van der Waals surface area contributed by atoms with Crippen LogP contribution in [0.25, 0.3) is 0 Å². The van der Waals surface area contributed by atoms with Gasteiger partial charge in [0.1, 0.15) is 12.4 Å². The van der Waals surface area contributed by atoms with Gasteiger partial charge in [-0.25, -0.2) is 12.7 Å². The lowest BCUT2D eigenvalue weighted by molar-refractivity contribution is -0.120. The van der Waals surface area contributed by atoms with Gasteiger partial charge in [0.25, 0.3) is 0 Å². The van der Waals surface area contributed by atoms with Crippen LogP contribution in [0.1, 0.15) is 24.0 Å². The molecule has 1 atom stereocenters. The summed E-state index contributed by atoms with van der Waals surface area (Å²) < 4.78 is 33.2. The van der Waals surface area contributed by atoms with E-state index in [1.54, 1.807) is 42.5 Å². The predicted octanol–water partition coefficient (Wildman–Crippen LogP) is 5.75. The predicted molar refractivity (Wildman–Crippen MR) is 139 cm³/mol. The number of hydrogen-bond acceptors (Lipinski definition) is 4. The highest BCUT2D eigenvalue weighted by atomic mass is 35.5. The second kappa shape index (κ2) is 11.4. The summed E-state index contributed by atoms with van der Waals surface area (Å²) in [5.41, 5.74) is 2.07. The Labute approximate surface area is 215 Å². The van der Waals surface area contributed by atoms with E-state index in [2.05, 4.69) is 5.32 Å². The highest BCUT2D eigenvalue weighted by Crippen LogP contribution is 2.29. The van der Waals surface area contributed by atoms with Crippen LogP contribution in [-0.4, -0.2) is 31.7 Å². The fourth-order valence-corrected chi connectivity index (χ4v) is 6.33. The monoisotopic (exact) mass is 532 g/mol. The Bertz CT molecular complexity index is 1250. The van der Waals surface area contributed by atoms with Gasteiger partial charge in [-0.15, -0.1) is 0 Å². The molecule has 0 radical (unpaired) electrons. The maximum absolute atomic E-state index is 13.1. The minimum absolute atomic E-state index is 0.120. The number of carbonyl (C=O) groups excluding carboxylic acids is 1. The second-order valence-electron chi connectivity index (χ2n) is 8.44. The molecule has 0 spiro atoms. The first-order valence-electron chi connectivity index (χ1n) is 11.3. The molecular weight excluding hydrogens is 507 g/mol. The Morgan fingerprint density at radius 3 is 2.34 bits per heavy atom. The van der Waals surface area contributed by atoms with Crippen LogP contribution >= 0.6 is 23.2 Å². The Morgan fingerprint density at radius 1 is 0.971 bits per heavy atom. The van der Waals surface area contributed by atoms with Gasteiger partial charge in [-0.1, -0.05) is 59.6 Å². The van der Waals surface area contributed by atoms with E-state index in [-0.39, 0.29) is 18.2 Å². The van der Waals surface area contributed by atoms with Crippen LogP contribution in [0.4, 0.5) is 5.69 Å². The molecule has 35 heavy (non-hydrogen) atoms. The fraction of sp³-hybridized carbons (Fsp3) is 0.269. The molecule has 0 aliphatic carbocycles. The summed E-state index contributed by atoms with van der Waals surface area (Å²) in [7, 11) is -3.69. The van der Waals surface area contributed by atoms with Gasteiger partial charge in [0.05, 0.1) is 11.7 Å². The summed E-state index contributed by atoms with van der Waals surface area (Å²) in [6, 6.07) is 21.9. The zero-order chi connectivity index (χ0) is 24.8. The van der Waals surface area contributed by atoms with E-state index in [4.69, 9.17) is 27.9 Å². The van der Waals surface area contributed by atoms with Crippen molar-refractivity contribution in [2.24, 2.45) is 5.92 Å². The van der Waals surface area contributed by atoms with E-state index >= 15 is 0 Å². The van der Waals surface area contributed by atoms with Crippen molar-refractivity contribution in [3.63, 3.8) is 0 Å². The van der Waals surface area contributed by atoms with Crippen molar-refractivity contribution in [2.45, 2.75) is 25.2 Å². The maximum atomic E-state index is 13.1. The topological polar surface area (TPSA) is 75.7 Å². The molecule has 1 fully saturated rings. The van der Waals surface area contributed by atoms with E-state index in [9.17, 15) is 13.2 Å². The Hall–Kier alpha value is -2.58. The Balaban J connectivity index is 1.34. The largest absolute Gasteiger partial charge is 0.489 e. The van der Waals surface area contributed by atoms with Crippen LogP contribution < -0.4 is 10.1 Å². The summed E-state index contributed by atoms with van der Waals surface area (Å²) in [5.74, 6) is -0.266. The highest BCUT2D eigenvalue weighted by Gasteiger charge is 2.33. The van der Waals surface area contributed by atoms with Crippen LogP contribution in [0.5, 0.6) is 5.75 Å². The third kappa shape index (κ3) is 6.76. The van der Waals surface area contributed by atoms with Crippen molar-refractivity contribution in [2.75, 3.05) is 18.4 Å². The highest BCUT2D eigenvalue weighted by molar-refractivity contribution is 7.88. The number of hydrogen-bond donors (Lipinski definition) is 1. The Kier molecular flexibility index (Phi) is 8.34. The maximum Gasteiger partial charge on any atom is 0.228 e. The smallest absolute Gasteiger partial charge is 0.228 e. The lowest BCUT2D eigenvalue weighted by Crippen LogP contribution is -2.44. The molecule has 3 aromatic carbocycles. The van der Waals surface area contributed by atoms with Crippen LogP contribution in [0.2, 0.25) is 10.0 Å². The van der Waals surface area contributed by atoms with Gasteiger partial charge in [-0.05, 0) is 54.8 Å². The number of rotatable bonds is 8. The molecule has 6 nitrogen and oxygen atoms in total.